The van der Waals surface area contributed by atoms with Gasteiger partial charge in [0.15, 0.2) is 0 Å². The van der Waals surface area contributed by atoms with Crippen LogP contribution < -0.4 is 10.3 Å². The molecule has 0 saturated heterocycles. The van der Waals surface area contributed by atoms with Crippen molar-refractivity contribution in [2.45, 2.75) is 36.2 Å². The van der Waals surface area contributed by atoms with Crippen LogP contribution in [0.1, 0.15) is 41.5 Å². The van der Waals surface area contributed by atoms with Crippen LogP contribution in [0.4, 0.5) is 0 Å². The van der Waals surface area contributed by atoms with Gasteiger partial charge < -0.3 is 9.47 Å². The van der Waals surface area contributed by atoms with Crippen molar-refractivity contribution in [1.82, 2.24) is 4.57 Å². The van der Waals surface area contributed by atoms with Gasteiger partial charge in [0.2, 0.25) is 0 Å². The van der Waals surface area contributed by atoms with Crippen LogP contribution in [0.5, 0.6) is 5.75 Å². The molecule has 0 amide bonds. The van der Waals surface area contributed by atoms with Gasteiger partial charge in [-0.25, -0.2) is 4.79 Å². The van der Waals surface area contributed by atoms with Crippen LogP contribution in [0.15, 0.2) is 40.2 Å². The fourth-order valence-electron chi connectivity index (χ4n) is 3.57. The van der Waals surface area contributed by atoms with Gasteiger partial charge in [0.1, 0.15) is 11.8 Å². The van der Waals surface area contributed by atoms with E-state index < -0.39 is 6.04 Å². The molecule has 1 unspecified atom stereocenters. The maximum Gasteiger partial charge on any atom is 0.329 e. The van der Waals surface area contributed by atoms with Gasteiger partial charge in [-0.2, -0.15) is 0 Å². The monoisotopic (exact) mass is 371 g/mol. The van der Waals surface area contributed by atoms with Gasteiger partial charge in [0.25, 0.3) is 5.56 Å². The lowest BCUT2D eigenvalue weighted by Gasteiger charge is -2.17. The minimum absolute atomic E-state index is 0.117. The number of nitrogens with zero attached hydrogens (tertiary/aromatic N) is 1. The van der Waals surface area contributed by atoms with Crippen molar-refractivity contribution in [3.05, 3.63) is 57.4 Å². The van der Waals surface area contributed by atoms with E-state index in [0.717, 1.165) is 34.7 Å². The Balaban J connectivity index is 1.75. The van der Waals surface area contributed by atoms with Crippen molar-refractivity contribution in [3.63, 3.8) is 0 Å². The normalized spacial score (nSPS) is 18.5. The number of thioether (sulfide) groups is 1. The highest BCUT2D eigenvalue weighted by atomic mass is 32.2. The molecule has 1 saturated carbocycles. The predicted molar refractivity (Wildman–Crippen MR) is 100 cm³/mol. The number of hydrogen-bond acceptors (Lipinski definition) is 5. The lowest BCUT2D eigenvalue weighted by molar-refractivity contribution is -0.143. The van der Waals surface area contributed by atoms with E-state index in [-0.39, 0.29) is 11.5 Å². The Labute approximate surface area is 156 Å². The van der Waals surface area contributed by atoms with Crippen molar-refractivity contribution in [2.75, 3.05) is 20.0 Å². The predicted octanol–water partition coefficient (Wildman–Crippen LogP) is 3.14. The molecule has 0 N–H and O–H groups in total. The average Bonchev–Trinajstić information content (AvgIpc) is 3.39. The second-order valence-electron chi connectivity index (χ2n) is 6.75. The highest BCUT2D eigenvalue weighted by molar-refractivity contribution is 7.99. The summed E-state index contributed by atoms with van der Waals surface area (Å²) in [6.45, 7) is 0. The molecule has 0 bridgehead atoms. The molecule has 1 fully saturated rings. The van der Waals surface area contributed by atoms with Crippen LogP contribution >= 0.6 is 11.8 Å². The van der Waals surface area contributed by atoms with Crippen molar-refractivity contribution < 1.29 is 14.3 Å². The minimum atomic E-state index is -0.514. The molecule has 2 heterocycles. The number of aromatic nitrogens is 1. The summed E-state index contributed by atoms with van der Waals surface area (Å²) in [6, 6.07) is 9.14. The summed E-state index contributed by atoms with van der Waals surface area (Å²) in [6.07, 6.45) is 3.00. The number of carbonyl (C=O) groups is 1. The Morgan fingerprint density at radius 3 is 2.58 bits per heavy atom. The van der Waals surface area contributed by atoms with Gasteiger partial charge in [-0.3, -0.25) is 9.36 Å². The number of hydrogen-bond donors (Lipinski definition) is 0. The molecule has 4 rings (SSSR count). The van der Waals surface area contributed by atoms with E-state index in [4.69, 9.17) is 9.47 Å². The van der Waals surface area contributed by atoms with E-state index in [1.165, 1.54) is 12.7 Å². The molecule has 136 valence electrons. The summed E-state index contributed by atoms with van der Waals surface area (Å²) in [5.74, 6) is 1.53. The molecule has 6 heteroatoms. The fourth-order valence-corrected chi connectivity index (χ4v) is 4.98. The van der Waals surface area contributed by atoms with Crippen LogP contribution in [0.2, 0.25) is 0 Å². The van der Waals surface area contributed by atoms with Gasteiger partial charge >= 0.3 is 5.97 Å². The van der Waals surface area contributed by atoms with E-state index >= 15 is 0 Å². The van der Waals surface area contributed by atoms with E-state index in [2.05, 4.69) is 0 Å². The molecule has 1 aromatic heterocycles. The molecule has 0 spiro atoms. The number of benzene rings is 1. The van der Waals surface area contributed by atoms with Crippen LogP contribution in [-0.4, -0.2) is 30.5 Å². The number of ether oxygens (including phenoxy) is 2. The lowest BCUT2D eigenvalue weighted by atomic mass is 9.98. The van der Waals surface area contributed by atoms with Gasteiger partial charge in [-0.1, -0.05) is 12.1 Å². The quantitative estimate of drug-likeness (QED) is 0.756. The van der Waals surface area contributed by atoms with Crippen molar-refractivity contribution in [3.8, 4) is 5.75 Å². The molecule has 2 aliphatic rings. The van der Waals surface area contributed by atoms with Gasteiger partial charge in [0, 0.05) is 11.8 Å². The molecule has 26 heavy (non-hydrogen) atoms. The first kappa shape index (κ1) is 17.2. The largest absolute Gasteiger partial charge is 0.497 e. The van der Waals surface area contributed by atoms with Crippen LogP contribution in [0.25, 0.3) is 0 Å². The zero-order valence-corrected chi connectivity index (χ0v) is 15.7. The number of carbonyl (C=O) groups excluding carboxylic acids is 1. The number of esters is 1. The molecule has 1 aliphatic carbocycles. The van der Waals surface area contributed by atoms with Gasteiger partial charge in [-0.15, -0.1) is 11.8 Å². The third-order valence-electron chi connectivity index (χ3n) is 5.03. The number of methoxy groups -OCH3 is 2. The lowest BCUT2D eigenvalue weighted by Crippen LogP contribution is -2.30. The molecular weight excluding hydrogens is 350 g/mol. The van der Waals surface area contributed by atoms with Crippen molar-refractivity contribution >= 4 is 17.7 Å². The van der Waals surface area contributed by atoms with Crippen LogP contribution in [0, 0.1) is 0 Å². The first-order chi connectivity index (χ1) is 12.6. The van der Waals surface area contributed by atoms with Crippen molar-refractivity contribution in [1.29, 1.82) is 0 Å². The second kappa shape index (κ2) is 6.83. The zero-order valence-electron chi connectivity index (χ0n) is 14.9. The molecule has 1 aromatic carbocycles. The smallest absolute Gasteiger partial charge is 0.329 e. The summed E-state index contributed by atoms with van der Waals surface area (Å²) in [7, 11) is 3.02. The fraction of sp³-hybridized carbons (Fsp3) is 0.400. The van der Waals surface area contributed by atoms with E-state index in [0.29, 0.717) is 18.1 Å². The number of pyridine rings is 1. The average molecular weight is 371 g/mol. The summed E-state index contributed by atoms with van der Waals surface area (Å²) in [5.41, 5.74) is 3.35. The van der Waals surface area contributed by atoms with E-state index in [1.54, 1.807) is 29.5 Å². The Morgan fingerprint density at radius 2 is 1.96 bits per heavy atom. The van der Waals surface area contributed by atoms with Crippen LogP contribution in [0.3, 0.4) is 0 Å². The molecule has 2 aromatic rings. The maximum atomic E-state index is 12.8. The Morgan fingerprint density at radius 1 is 1.23 bits per heavy atom. The van der Waals surface area contributed by atoms with Gasteiger partial charge in [0.05, 0.1) is 19.2 Å². The second-order valence-corrected chi connectivity index (χ2v) is 7.75. The third-order valence-corrected chi connectivity index (χ3v) is 6.20. The van der Waals surface area contributed by atoms with Crippen molar-refractivity contribution in [2.24, 2.45) is 0 Å². The Kier molecular flexibility index (Phi) is 4.53. The molecule has 0 radical (unpaired) electrons. The first-order valence-electron chi connectivity index (χ1n) is 8.74. The Hall–Kier alpha value is -2.21. The van der Waals surface area contributed by atoms with Crippen LogP contribution in [-0.2, 0) is 16.0 Å². The van der Waals surface area contributed by atoms with E-state index in [1.807, 2.05) is 24.3 Å². The summed E-state index contributed by atoms with van der Waals surface area (Å²) in [5, 5.41) is 0.957. The Bertz CT molecular complexity index is 899. The van der Waals surface area contributed by atoms with Gasteiger partial charge in [-0.05, 0) is 54.0 Å². The van der Waals surface area contributed by atoms with E-state index in [9.17, 15) is 9.59 Å². The third kappa shape index (κ3) is 3.03. The summed E-state index contributed by atoms with van der Waals surface area (Å²) in [4.78, 5) is 24.8. The molecule has 1 aliphatic heterocycles. The number of fused-ring (bicyclic) bond motifs is 1. The topological polar surface area (TPSA) is 57.5 Å². The molecule has 1 atom stereocenters. The summed E-state index contributed by atoms with van der Waals surface area (Å²) >= 11 is 1.60. The molecule has 5 nitrogen and oxygen atoms in total. The standard InChI is InChI=1S/C20H21NO4S/c1-24-15-7-3-12(4-8-15)9-14-10-17(22)21-16(20(23)25-2)11-26-19(21)18(14)13-5-6-13/h3-4,7-8,10,13,16H,5-6,9,11H2,1-2H3. The minimum Gasteiger partial charge on any atom is -0.497 e. The SMILES string of the molecule is COC(=O)C1CSc2c(C3CC3)c(Cc3ccc(OC)cc3)cc(=O)n21. The maximum absolute atomic E-state index is 12.8. The highest BCUT2D eigenvalue weighted by Gasteiger charge is 2.38. The zero-order chi connectivity index (χ0) is 18.3. The summed E-state index contributed by atoms with van der Waals surface area (Å²) < 4.78 is 11.7. The number of rotatable bonds is 5. The molecular formula is C20H21NO4S. The first-order valence-corrected chi connectivity index (χ1v) is 9.72. The highest BCUT2D eigenvalue weighted by Crippen LogP contribution is 2.48.